The predicted octanol–water partition coefficient (Wildman–Crippen LogP) is 11.8. The van der Waals surface area contributed by atoms with E-state index in [-0.39, 0.29) is 28.0 Å². The number of nitrogens with zero attached hydrogens (tertiary/aromatic N) is 1. The number of aryl methyl sites for hydroxylation is 1. The van der Waals surface area contributed by atoms with Gasteiger partial charge < -0.3 is 10.0 Å². The van der Waals surface area contributed by atoms with Crippen molar-refractivity contribution < 1.29 is 19.5 Å². The highest BCUT2D eigenvalue weighted by molar-refractivity contribution is 7.16. The molecule has 2 aliphatic carbocycles. The summed E-state index contributed by atoms with van der Waals surface area (Å²) in [6, 6.07) is 43.8. The highest BCUT2D eigenvalue weighted by atomic mass is 32.1. The number of ketones is 2. The molecule has 2 heterocycles. The molecule has 0 bridgehead atoms. The maximum Gasteiger partial charge on any atom is 0.335 e. The quantitative estimate of drug-likeness (QED) is 0.0957. The summed E-state index contributed by atoms with van der Waals surface area (Å²) in [6.45, 7) is 2.07. The number of aromatic carboxylic acids is 1. The summed E-state index contributed by atoms with van der Waals surface area (Å²) >= 11 is 1.69. The second kappa shape index (κ2) is 14.1. The Hall–Kier alpha value is -6.37. The lowest BCUT2D eigenvalue weighted by Crippen LogP contribution is -2.26. The minimum Gasteiger partial charge on any atom is -0.478 e. The van der Waals surface area contributed by atoms with E-state index >= 15 is 0 Å². The molecule has 0 saturated heterocycles. The first-order valence-corrected chi connectivity index (χ1v) is 19.5. The molecule has 1 N–H and O–H groups in total. The maximum absolute atomic E-state index is 13.0. The van der Waals surface area contributed by atoms with E-state index in [0.717, 1.165) is 10.4 Å². The standard InChI is InChI=1S/C49H37NO4S/c1-30-26-46(55-45(30)17-9-15-39-47(51)38-24-20-35(49(53)54)29-42(38)48(39)52)34-21-25-44-41(28-34)37-14-8-16-43(37)50(44)36-22-18-31(19-23-36)27-40(32-10-4-2-5-11-32)33-12-6-3-7-13-33/h2-7,9-13,15,17-29,37,43H,8,14,16H2,1H3,(H,53,54)/b17-9+,39-15+. The molecule has 55 heavy (non-hydrogen) atoms. The lowest BCUT2D eigenvalue weighted by Gasteiger charge is -2.27. The van der Waals surface area contributed by atoms with Gasteiger partial charge in [-0.05, 0) is 125 Å². The van der Waals surface area contributed by atoms with Gasteiger partial charge in [0.05, 0.1) is 11.1 Å². The first kappa shape index (κ1) is 34.4. The zero-order valence-electron chi connectivity index (χ0n) is 30.2. The van der Waals surface area contributed by atoms with E-state index in [1.165, 1.54) is 87.1 Å². The zero-order chi connectivity index (χ0) is 37.6. The molecule has 2 atom stereocenters. The molecular weight excluding hydrogens is 699 g/mol. The molecule has 6 heteroatoms. The fraction of sp³-hybridized carbons (Fsp3) is 0.122. The van der Waals surface area contributed by atoms with Crippen molar-refractivity contribution in [3.05, 3.63) is 195 Å². The molecule has 1 aromatic heterocycles. The van der Waals surface area contributed by atoms with E-state index in [9.17, 15) is 19.5 Å². The van der Waals surface area contributed by atoms with Crippen LogP contribution >= 0.6 is 11.3 Å². The zero-order valence-corrected chi connectivity index (χ0v) is 31.1. The molecule has 5 aromatic carbocycles. The van der Waals surface area contributed by atoms with Crippen molar-refractivity contribution in [3.8, 4) is 10.4 Å². The molecule has 268 valence electrons. The van der Waals surface area contributed by atoms with Crippen LogP contribution in [0.25, 0.3) is 28.2 Å². The van der Waals surface area contributed by atoms with Crippen LogP contribution in [0.3, 0.4) is 0 Å². The molecular formula is C49H37NO4S. The lowest BCUT2D eigenvalue weighted by molar-refractivity contribution is 0.0696. The van der Waals surface area contributed by atoms with Crippen molar-refractivity contribution in [3.63, 3.8) is 0 Å². The number of rotatable bonds is 8. The molecule has 2 unspecified atom stereocenters. The van der Waals surface area contributed by atoms with Crippen LogP contribution in [0.5, 0.6) is 0 Å². The third-order valence-electron chi connectivity index (χ3n) is 11.1. The van der Waals surface area contributed by atoms with E-state index < -0.39 is 11.8 Å². The van der Waals surface area contributed by atoms with Gasteiger partial charge in [-0.2, -0.15) is 0 Å². The van der Waals surface area contributed by atoms with E-state index in [4.69, 9.17) is 0 Å². The molecule has 9 rings (SSSR count). The Bertz CT molecular complexity index is 2550. The number of allylic oxidation sites excluding steroid dienone is 3. The third kappa shape index (κ3) is 6.28. The van der Waals surface area contributed by atoms with Gasteiger partial charge in [-0.3, -0.25) is 9.59 Å². The van der Waals surface area contributed by atoms with Crippen LogP contribution in [0.4, 0.5) is 11.4 Å². The van der Waals surface area contributed by atoms with Gasteiger partial charge in [-0.25, -0.2) is 4.79 Å². The molecule has 6 aromatic rings. The number of carboxylic acids is 1. The van der Waals surface area contributed by atoms with Crippen LogP contribution < -0.4 is 4.90 Å². The van der Waals surface area contributed by atoms with Gasteiger partial charge in [0, 0.05) is 44.2 Å². The van der Waals surface area contributed by atoms with Crippen molar-refractivity contribution >= 4 is 58.0 Å². The third-order valence-corrected chi connectivity index (χ3v) is 12.4. The number of benzene rings is 5. The fourth-order valence-electron chi connectivity index (χ4n) is 8.46. The average Bonchev–Trinajstić information content (AvgIpc) is 3.97. The van der Waals surface area contributed by atoms with Crippen LogP contribution in [-0.4, -0.2) is 28.7 Å². The summed E-state index contributed by atoms with van der Waals surface area (Å²) < 4.78 is 0. The minimum atomic E-state index is -1.14. The summed E-state index contributed by atoms with van der Waals surface area (Å²) in [5.74, 6) is -1.47. The number of hydrogen-bond donors (Lipinski definition) is 1. The number of hydrogen-bond acceptors (Lipinski definition) is 5. The minimum absolute atomic E-state index is 0.0135. The first-order valence-electron chi connectivity index (χ1n) is 18.7. The van der Waals surface area contributed by atoms with Crippen LogP contribution in [0, 0.1) is 6.92 Å². The molecule has 0 radical (unpaired) electrons. The summed E-state index contributed by atoms with van der Waals surface area (Å²) in [6.07, 6.45) is 11.1. The number of carboxylic acid groups (broad SMARTS) is 1. The topological polar surface area (TPSA) is 74.7 Å². The second-order valence-electron chi connectivity index (χ2n) is 14.5. The molecule has 3 aliphatic rings. The molecule has 1 fully saturated rings. The SMILES string of the molecule is Cc1cc(-c2ccc3c(c2)C2CCCC2N3c2ccc(C=C(c3ccccc3)c3ccccc3)cc2)sc1/C=C/C=C1\C(=O)c2ccc(C(=O)O)cc2C1=O. The number of carbonyl (C=O) groups excluding carboxylic acids is 2. The summed E-state index contributed by atoms with van der Waals surface area (Å²) in [7, 11) is 0. The van der Waals surface area contributed by atoms with Gasteiger partial charge in [0.25, 0.3) is 0 Å². The number of anilines is 2. The monoisotopic (exact) mass is 735 g/mol. The van der Waals surface area contributed by atoms with E-state index in [0.29, 0.717) is 12.0 Å². The Labute approximate surface area is 324 Å². The summed E-state index contributed by atoms with van der Waals surface area (Å²) in [5, 5.41) is 9.32. The molecule has 1 saturated carbocycles. The Morgan fingerprint density at radius 3 is 2.18 bits per heavy atom. The summed E-state index contributed by atoms with van der Waals surface area (Å²) in [4.78, 5) is 42.1. The number of carbonyl (C=O) groups is 3. The van der Waals surface area contributed by atoms with Crippen molar-refractivity contribution in [1.29, 1.82) is 0 Å². The molecule has 1 aliphatic heterocycles. The molecule has 5 nitrogen and oxygen atoms in total. The number of fused-ring (bicyclic) bond motifs is 4. The second-order valence-corrected chi connectivity index (χ2v) is 15.5. The van der Waals surface area contributed by atoms with Crippen molar-refractivity contribution in [2.75, 3.05) is 4.90 Å². The highest BCUT2D eigenvalue weighted by Gasteiger charge is 2.42. The van der Waals surface area contributed by atoms with E-state index in [1.807, 2.05) is 6.08 Å². The largest absolute Gasteiger partial charge is 0.478 e. The normalized spacial score (nSPS) is 17.8. The van der Waals surface area contributed by atoms with Crippen LogP contribution in [0.15, 0.2) is 145 Å². The van der Waals surface area contributed by atoms with Gasteiger partial charge in [0.2, 0.25) is 0 Å². The van der Waals surface area contributed by atoms with Gasteiger partial charge in [0.15, 0.2) is 11.6 Å². The number of thiophene rings is 1. The number of Topliss-reactive ketones (excluding diaryl/α,β-unsaturated/α-hetero) is 2. The average molecular weight is 736 g/mol. The summed E-state index contributed by atoms with van der Waals surface area (Å²) in [5.41, 5.74) is 11.4. The Kier molecular flexibility index (Phi) is 8.83. The van der Waals surface area contributed by atoms with Gasteiger partial charge >= 0.3 is 5.97 Å². The van der Waals surface area contributed by atoms with Crippen LogP contribution in [0.1, 0.15) is 88.9 Å². The Morgan fingerprint density at radius 1 is 0.764 bits per heavy atom. The Balaban J connectivity index is 0.968. The Morgan fingerprint density at radius 2 is 1.47 bits per heavy atom. The molecule has 0 spiro atoms. The highest BCUT2D eigenvalue weighted by Crippen LogP contribution is 2.53. The van der Waals surface area contributed by atoms with Crippen molar-refractivity contribution in [1.82, 2.24) is 0 Å². The van der Waals surface area contributed by atoms with Crippen LogP contribution in [-0.2, 0) is 0 Å². The predicted molar refractivity (Wildman–Crippen MR) is 222 cm³/mol. The molecule has 0 amide bonds. The lowest BCUT2D eigenvalue weighted by atomic mass is 9.95. The maximum atomic E-state index is 13.0. The van der Waals surface area contributed by atoms with Crippen molar-refractivity contribution in [2.24, 2.45) is 0 Å². The van der Waals surface area contributed by atoms with E-state index in [2.05, 4.69) is 127 Å². The van der Waals surface area contributed by atoms with Gasteiger partial charge in [-0.1, -0.05) is 91.4 Å². The fourth-order valence-corrected chi connectivity index (χ4v) is 9.54. The first-order chi connectivity index (χ1) is 26.8. The van der Waals surface area contributed by atoms with Crippen LogP contribution in [0.2, 0.25) is 0 Å². The van der Waals surface area contributed by atoms with Crippen molar-refractivity contribution in [2.45, 2.75) is 38.1 Å². The van der Waals surface area contributed by atoms with Gasteiger partial charge in [0.1, 0.15) is 0 Å². The van der Waals surface area contributed by atoms with E-state index in [1.54, 1.807) is 23.5 Å². The smallest absolute Gasteiger partial charge is 0.335 e. The van der Waals surface area contributed by atoms with Gasteiger partial charge in [-0.15, -0.1) is 11.3 Å².